The first kappa shape index (κ1) is 29.6. The third-order valence-electron chi connectivity index (χ3n) is 7.22. The van der Waals surface area contributed by atoms with E-state index in [1.807, 2.05) is 63.2 Å². The molecule has 2 aromatic carbocycles. The molecule has 3 rings (SSSR count). The molecule has 2 aromatic rings. The summed E-state index contributed by atoms with van der Waals surface area (Å²) in [5.41, 5.74) is 3.14. The summed E-state index contributed by atoms with van der Waals surface area (Å²) in [6, 6.07) is 14.8. The molecule has 1 N–H and O–H groups in total. The maximum atomic E-state index is 14.0. The molecule has 8 nitrogen and oxygen atoms in total. The van der Waals surface area contributed by atoms with E-state index in [1.54, 1.807) is 11.0 Å². The van der Waals surface area contributed by atoms with Crippen molar-refractivity contribution in [2.75, 3.05) is 31.5 Å². The predicted molar refractivity (Wildman–Crippen MR) is 152 cm³/mol. The SMILES string of the molecule is CCC(C(=O)NC1CCCC1)N(CCc1ccccc1)C(=O)CN(c1cc(C)ccc1C)S(=O)(=O)N(C)C. The van der Waals surface area contributed by atoms with Crippen LogP contribution >= 0.6 is 0 Å². The highest BCUT2D eigenvalue weighted by Gasteiger charge is 2.34. The molecule has 38 heavy (non-hydrogen) atoms. The maximum Gasteiger partial charge on any atom is 0.304 e. The van der Waals surface area contributed by atoms with Gasteiger partial charge in [0.25, 0.3) is 0 Å². The molecule has 0 heterocycles. The molecule has 1 atom stereocenters. The van der Waals surface area contributed by atoms with Gasteiger partial charge in [0.1, 0.15) is 12.6 Å². The second-order valence-electron chi connectivity index (χ2n) is 10.3. The van der Waals surface area contributed by atoms with Gasteiger partial charge in [-0.25, -0.2) is 4.31 Å². The topological polar surface area (TPSA) is 90.0 Å². The molecule has 0 bridgehead atoms. The molecule has 0 aromatic heterocycles. The van der Waals surface area contributed by atoms with Crippen LogP contribution in [0.5, 0.6) is 0 Å². The number of carbonyl (C=O) groups excluding carboxylic acids is 2. The molecular formula is C29H42N4O4S. The zero-order chi connectivity index (χ0) is 27.9. The van der Waals surface area contributed by atoms with Crippen LogP contribution in [0.4, 0.5) is 5.69 Å². The number of nitrogens with zero attached hydrogens (tertiary/aromatic N) is 3. The Morgan fingerprint density at radius 1 is 1.03 bits per heavy atom. The van der Waals surface area contributed by atoms with Gasteiger partial charge in [0.2, 0.25) is 11.8 Å². The smallest absolute Gasteiger partial charge is 0.304 e. The molecule has 9 heteroatoms. The maximum absolute atomic E-state index is 14.0. The first-order chi connectivity index (χ1) is 18.0. The van der Waals surface area contributed by atoms with Crippen LogP contribution in [0.2, 0.25) is 0 Å². The van der Waals surface area contributed by atoms with Gasteiger partial charge in [0.15, 0.2) is 0 Å². The molecule has 0 spiro atoms. The Labute approximate surface area is 228 Å². The Kier molecular flexibility index (Phi) is 10.3. The van der Waals surface area contributed by atoms with Gasteiger partial charge in [0.05, 0.1) is 5.69 Å². The molecule has 1 aliphatic rings. The van der Waals surface area contributed by atoms with E-state index in [4.69, 9.17) is 0 Å². The number of nitrogens with one attached hydrogen (secondary N) is 1. The lowest BCUT2D eigenvalue weighted by atomic mass is 10.1. The van der Waals surface area contributed by atoms with E-state index in [-0.39, 0.29) is 11.9 Å². The molecule has 0 aliphatic heterocycles. The van der Waals surface area contributed by atoms with Crippen LogP contribution in [0.15, 0.2) is 48.5 Å². The van der Waals surface area contributed by atoms with Crippen LogP contribution in [0.3, 0.4) is 0 Å². The molecule has 2 amide bonds. The van der Waals surface area contributed by atoms with Crippen molar-refractivity contribution >= 4 is 27.7 Å². The lowest BCUT2D eigenvalue weighted by Gasteiger charge is -2.34. The first-order valence-electron chi connectivity index (χ1n) is 13.5. The average molecular weight is 543 g/mol. The van der Waals surface area contributed by atoms with Gasteiger partial charge in [-0.1, -0.05) is 62.2 Å². The number of hydrogen-bond acceptors (Lipinski definition) is 4. The minimum atomic E-state index is -3.98. The quantitative estimate of drug-likeness (QED) is 0.442. The van der Waals surface area contributed by atoms with E-state index < -0.39 is 28.7 Å². The molecule has 208 valence electrons. The predicted octanol–water partition coefficient (Wildman–Crippen LogP) is 3.82. The fraction of sp³-hybridized carbons (Fsp3) is 0.517. The number of carbonyl (C=O) groups is 2. The number of rotatable bonds is 12. The molecular weight excluding hydrogens is 500 g/mol. The minimum Gasteiger partial charge on any atom is -0.352 e. The molecule has 0 radical (unpaired) electrons. The van der Waals surface area contributed by atoms with Gasteiger partial charge in [-0.3, -0.25) is 9.59 Å². The summed E-state index contributed by atoms with van der Waals surface area (Å²) < 4.78 is 29.1. The number of benzene rings is 2. The van der Waals surface area contributed by atoms with Crippen molar-refractivity contribution in [1.82, 2.24) is 14.5 Å². The first-order valence-corrected chi connectivity index (χ1v) is 14.9. The minimum absolute atomic E-state index is 0.128. The second-order valence-corrected chi connectivity index (χ2v) is 12.4. The zero-order valence-electron chi connectivity index (χ0n) is 23.3. The molecule has 1 unspecified atom stereocenters. The summed E-state index contributed by atoms with van der Waals surface area (Å²) >= 11 is 0. The van der Waals surface area contributed by atoms with E-state index >= 15 is 0 Å². The van der Waals surface area contributed by atoms with E-state index in [0.717, 1.165) is 51.0 Å². The van der Waals surface area contributed by atoms with Gasteiger partial charge < -0.3 is 10.2 Å². The highest BCUT2D eigenvalue weighted by molar-refractivity contribution is 7.90. The number of aryl methyl sites for hydroxylation is 2. The molecule has 1 saturated carbocycles. The van der Waals surface area contributed by atoms with Gasteiger partial charge >= 0.3 is 10.2 Å². The Hall–Kier alpha value is -2.91. The van der Waals surface area contributed by atoms with E-state index in [2.05, 4.69) is 5.32 Å². The lowest BCUT2D eigenvalue weighted by molar-refractivity contribution is -0.139. The summed E-state index contributed by atoms with van der Waals surface area (Å²) in [7, 11) is -1.07. The van der Waals surface area contributed by atoms with Crippen LogP contribution in [-0.2, 0) is 26.2 Å². The van der Waals surface area contributed by atoms with Gasteiger partial charge in [0, 0.05) is 26.7 Å². The number of hydrogen-bond donors (Lipinski definition) is 1. The van der Waals surface area contributed by atoms with Crippen LogP contribution in [0, 0.1) is 13.8 Å². The summed E-state index contributed by atoms with van der Waals surface area (Å²) in [6.07, 6.45) is 5.06. The van der Waals surface area contributed by atoms with E-state index in [1.165, 1.54) is 14.1 Å². The third-order valence-corrected chi connectivity index (χ3v) is 9.03. The number of amides is 2. The summed E-state index contributed by atoms with van der Waals surface area (Å²) in [5.74, 6) is -0.574. The average Bonchev–Trinajstić information content (AvgIpc) is 3.39. The van der Waals surface area contributed by atoms with Crippen molar-refractivity contribution in [3.8, 4) is 0 Å². The van der Waals surface area contributed by atoms with Crippen molar-refractivity contribution in [3.63, 3.8) is 0 Å². The summed E-state index contributed by atoms with van der Waals surface area (Å²) in [4.78, 5) is 28.9. The Morgan fingerprint density at radius 3 is 2.29 bits per heavy atom. The van der Waals surface area contributed by atoms with E-state index in [9.17, 15) is 18.0 Å². The van der Waals surface area contributed by atoms with Crippen molar-refractivity contribution in [3.05, 3.63) is 65.2 Å². The summed E-state index contributed by atoms with van der Waals surface area (Å²) in [6.45, 7) is 5.52. The van der Waals surface area contributed by atoms with Crippen molar-refractivity contribution in [1.29, 1.82) is 0 Å². The van der Waals surface area contributed by atoms with Crippen molar-refractivity contribution in [2.45, 2.75) is 71.4 Å². The highest BCUT2D eigenvalue weighted by atomic mass is 32.2. The fourth-order valence-electron chi connectivity index (χ4n) is 4.95. The van der Waals surface area contributed by atoms with Gasteiger partial charge in [-0.2, -0.15) is 12.7 Å². The van der Waals surface area contributed by atoms with Gasteiger partial charge in [-0.05, 0) is 62.3 Å². The Bertz CT molecular complexity index is 1190. The van der Waals surface area contributed by atoms with Crippen molar-refractivity contribution < 1.29 is 18.0 Å². The fourth-order valence-corrected chi connectivity index (χ4v) is 6.07. The second kappa shape index (κ2) is 13.2. The highest BCUT2D eigenvalue weighted by Crippen LogP contribution is 2.26. The van der Waals surface area contributed by atoms with Crippen LogP contribution in [-0.4, -0.2) is 68.7 Å². The number of anilines is 1. The van der Waals surface area contributed by atoms with Crippen LogP contribution < -0.4 is 9.62 Å². The van der Waals surface area contributed by atoms with Gasteiger partial charge in [-0.15, -0.1) is 0 Å². The standard InChI is InChI=1S/C29H42N4O4S/c1-6-26(29(35)30-25-14-10-11-15-25)32(19-18-24-12-8-7-9-13-24)28(34)21-33(38(36,37)31(4)5)27-20-22(2)16-17-23(27)3/h7-9,12-13,16-17,20,25-26H,6,10-11,14-15,18-19,21H2,1-5H3,(H,30,35). The molecule has 0 saturated heterocycles. The van der Waals surface area contributed by atoms with Crippen molar-refractivity contribution in [2.24, 2.45) is 0 Å². The third kappa shape index (κ3) is 7.35. The van der Waals surface area contributed by atoms with Crippen LogP contribution in [0.1, 0.15) is 55.7 Å². The summed E-state index contributed by atoms with van der Waals surface area (Å²) in [5, 5.41) is 3.14. The molecule has 1 aliphatic carbocycles. The monoisotopic (exact) mass is 542 g/mol. The largest absolute Gasteiger partial charge is 0.352 e. The van der Waals surface area contributed by atoms with E-state index in [0.29, 0.717) is 25.1 Å². The Morgan fingerprint density at radius 2 is 1.68 bits per heavy atom. The van der Waals surface area contributed by atoms with Crippen LogP contribution in [0.25, 0.3) is 0 Å². The molecule has 1 fully saturated rings. The zero-order valence-corrected chi connectivity index (χ0v) is 24.1. The Balaban J connectivity index is 1.95. The lowest BCUT2D eigenvalue weighted by Crippen LogP contribution is -2.55. The normalized spacial score (nSPS) is 14.9.